The first kappa shape index (κ1) is 13.5. The highest BCUT2D eigenvalue weighted by Crippen LogP contribution is 2.27. The number of aromatic amines is 1. The van der Waals surface area contributed by atoms with Crippen LogP contribution in [0, 0.1) is 6.92 Å². The Morgan fingerprint density at radius 3 is 2.83 bits per heavy atom. The highest BCUT2D eigenvalue weighted by molar-refractivity contribution is 7.89. The molecule has 0 aliphatic carbocycles. The Morgan fingerprint density at radius 1 is 1.50 bits per heavy atom. The number of hydrogen-bond donors (Lipinski definition) is 2. The molecule has 0 amide bonds. The van der Waals surface area contributed by atoms with Crippen molar-refractivity contribution < 1.29 is 8.42 Å². The Balaban J connectivity index is 2.44. The lowest BCUT2D eigenvalue weighted by Crippen LogP contribution is -2.42. The molecule has 2 heterocycles. The number of nitrogens with two attached hydrogens (primary N) is 1. The maximum absolute atomic E-state index is 12.7. The molecule has 6 nitrogen and oxygen atoms in total. The second-order valence-electron chi connectivity index (χ2n) is 4.79. The van der Waals surface area contributed by atoms with Crippen LogP contribution in [0.5, 0.6) is 0 Å². The third kappa shape index (κ3) is 2.17. The number of piperidine rings is 1. The third-order valence-electron chi connectivity index (χ3n) is 3.46. The maximum atomic E-state index is 12.7. The van der Waals surface area contributed by atoms with Crippen LogP contribution in [0.15, 0.2) is 4.90 Å². The smallest absolute Gasteiger partial charge is 0.247 e. The van der Waals surface area contributed by atoms with Crippen molar-refractivity contribution in [2.45, 2.75) is 50.6 Å². The molecule has 1 aliphatic heterocycles. The maximum Gasteiger partial charge on any atom is 0.247 e. The summed E-state index contributed by atoms with van der Waals surface area (Å²) in [6.45, 7) is 4.38. The highest BCUT2D eigenvalue weighted by atomic mass is 32.2. The van der Waals surface area contributed by atoms with Crippen LogP contribution >= 0.6 is 0 Å². The van der Waals surface area contributed by atoms with Gasteiger partial charge in [-0.15, -0.1) is 0 Å². The molecule has 0 radical (unpaired) electrons. The van der Waals surface area contributed by atoms with E-state index < -0.39 is 10.0 Å². The summed E-state index contributed by atoms with van der Waals surface area (Å²) in [6.07, 6.45) is 2.91. The Bertz CT molecular complexity index is 523. The number of H-pyrrole nitrogens is 1. The summed E-state index contributed by atoms with van der Waals surface area (Å²) in [5.74, 6) is 0. The van der Waals surface area contributed by atoms with E-state index in [-0.39, 0.29) is 17.5 Å². The van der Waals surface area contributed by atoms with Crippen molar-refractivity contribution in [1.82, 2.24) is 14.5 Å². The second kappa shape index (κ2) is 4.99. The molecule has 0 bridgehead atoms. The number of nitrogens with one attached hydrogen (secondary N) is 1. The van der Waals surface area contributed by atoms with Crippen molar-refractivity contribution in [2.24, 2.45) is 5.73 Å². The summed E-state index contributed by atoms with van der Waals surface area (Å²) < 4.78 is 26.9. The van der Waals surface area contributed by atoms with Crippen LogP contribution in [0.3, 0.4) is 0 Å². The topological polar surface area (TPSA) is 92.1 Å². The molecule has 1 saturated heterocycles. The third-order valence-corrected chi connectivity index (χ3v) is 5.68. The van der Waals surface area contributed by atoms with Gasteiger partial charge in [-0.05, 0) is 26.7 Å². The molecule has 1 aliphatic rings. The standard InChI is InChI=1S/C11H20N4O2S/c1-8-5-3-4-6-15(8)18(16,17)11-9(2)13-14-10(11)7-12/h8H,3-7,12H2,1-2H3,(H,13,14). The SMILES string of the molecule is Cc1[nH]nc(CN)c1S(=O)(=O)N1CCCCC1C. The predicted molar refractivity (Wildman–Crippen MR) is 68.4 cm³/mol. The quantitative estimate of drug-likeness (QED) is 0.849. The van der Waals surface area contributed by atoms with Crippen LogP contribution in [0.25, 0.3) is 0 Å². The summed E-state index contributed by atoms with van der Waals surface area (Å²) in [7, 11) is -3.48. The van der Waals surface area contributed by atoms with Gasteiger partial charge in [-0.25, -0.2) is 8.42 Å². The van der Waals surface area contributed by atoms with Gasteiger partial charge < -0.3 is 5.73 Å². The summed E-state index contributed by atoms with van der Waals surface area (Å²) in [6, 6.07) is 0.0451. The van der Waals surface area contributed by atoms with Crippen LogP contribution < -0.4 is 5.73 Å². The largest absolute Gasteiger partial charge is 0.325 e. The van der Waals surface area contributed by atoms with Crippen LogP contribution in [0.2, 0.25) is 0 Å². The van der Waals surface area contributed by atoms with E-state index in [1.54, 1.807) is 11.2 Å². The Labute approximate surface area is 108 Å². The minimum Gasteiger partial charge on any atom is -0.325 e. The van der Waals surface area contributed by atoms with Crippen molar-refractivity contribution in [3.8, 4) is 0 Å². The monoisotopic (exact) mass is 272 g/mol. The zero-order valence-electron chi connectivity index (χ0n) is 10.8. The summed E-state index contributed by atoms with van der Waals surface area (Å²) in [4.78, 5) is 0.263. The normalized spacial score (nSPS) is 22.3. The van der Waals surface area contributed by atoms with E-state index in [1.807, 2.05) is 6.92 Å². The van der Waals surface area contributed by atoms with Crippen molar-refractivity contribution in [3.63, 3.8) is 0 Å². The van der Waals surface area contributed by atoms with Gasteiger partial charge in [0.25, 0.3) is 0 Å². The van der Waals surface area contributed by atoms with E-state index in [4.69, 9.17) is 5.73 Å². The van der Waals surface area contributed by atoms with Crippen molar-refractivity contribution in [1.29, 1.82) is 0 Å². The number of aryl methyl sites for hydroxylation is 1. The Kier molecular flexibility index (Phi) is 3.74. The molecule has 0 spiro atoms. The first-order chi connectivity index (χ1) is 8.48. The first-order valence-electron chi connectivity index (χ1n) is 6.24. The van der Waals surface area contributed by atoms with Crippen LogP contribution in [0.4, 0.5) is 0 Å². The summed E-state index contributed by atoms with van der Waals surface area (Å²) in [5.41, 5.74) is 6.54. The van der Waals surface area contributed by atoms with Crippen LogP contribution in [-0.4, -0.2) is 35.5 Å². The molecule has 0 aromatic carbocycles. The fourth-order valence-electron chi connectivity index (χ4n) is 2.50. The van der Waals surface area contributed by atoms with E-state index in [2.05, 4.69) is 10.2 Å². The second-order valence-corrected chi connectivity index (χ2v) is 6.62. The molecular weight excluding hydrogens is 252 g/mol. The van der Waals surface area contributed by atoms with E-state index in [9.17, 15) is 8.42 Å². The van der Waals surface area contributed by atoms with Crippen molar-refractivity contribution in [2.75, 3.05) is 6.54 Å². The Morgan fingerprint density at radius 2 is 2.22 bits per heavy atom. The van der Waals surface area contributed by atoms with Gasteiger partial charge in [-0.1, -0.05) is 6.42 Å². The minimum absolute atomic E-state index is 0.0451. The van der Waals surface area contributed by atoms with E-state index >= 15 is 0 Å². The van der Waals surface area contributed by atoms with Gasteiger partial charge >= 0.3 is 0 Å². The predicted octanol–water partition coefficient (Wildman–Crippen LogP) is 0.740. The molecule has 102 valence electrons. The van der Waals surface area contributed by atoms with Gasteiger partial charge in [0.15, 0.2) is 0 Å². The fourth-order valence-corrected chi connectivity index (χ4v) is 4.54. The molecule has 1 unspecified atom stereocenters. The molecule has 1 atom stereocenters. The van der Waals surface area contributed by atoms with Crippen molar-refractivity contribution in [3.05, 3.63) is 11.4 Å². The van der Waals surface area contributed by atoms with Gasteiger partial charge in [-0.2, -0.15) is 9.40 Å². The molecule has 2 rings (SSSR count). The average molecular weight is 272 g/mol. The number of nitrogens with zero attached hydrogens (tertiary/aromatic N) is 2. The van der Waals surface area contributed by atoms with Gasteiger partial charge in [0.05, 0.1) is 11.4 Å². The molecule has 1 aromatic rings. The zero-order chi connectivity index (χ0) is 13.3. The van der Waals surface area contributed by atoms with Gasteiger partial charge in [0, 0.05) is 19.1 Å². The Hall–Kier alpha value is -0.920. The molecule has 1 fully saturated rings. The lowest BCUT2D eigenvalue weighted by atomic mass is 10.1. The molecule has 1 aromatic heterocycles. The van der Waals surface area contributed by atoms with E-state index in [1.165, 1.54) is 0 Å². The zero-order valence-corrected chi connectivity index (χ0v) is 11.6. The van der Waals surface area contributed by atoms with Crippen molar-refractivity contribution >= 4 is 10.0 Å². The molecule has 7 heteroatoms. The van der Waals surface area contributed by atoms with E-state index in [0.29, 0.717) is 17.9 Å². The summed E-state index contributed by atoms with van der Waals surface area (Å²) >= 11 is 0. The lowest BCUT2D eigenvalue weighted by Gasteiger charge is -2.32. The average Bonchev–Trinajstić information content (AvgIpc) is 2.71. The van der Waals surface area contributed by atoms with Crippen LogP contribution in [0.1, 0.15) is 37.6 Å². The van der Waals surface area contributed by atoms with Gasteiger partial charge in [0.1, 0.15) is 4.90 Å². The number of aromatic nitrogens is 2. The molecule has 3 N–H and O–H groups in total. The van der Waals surface area contributed by atoms with Gasteiger partial charge in [-0.3, -0.25) is 5.10 Å². The fraction of sp³-hybridized carbons (Fsp3) is 0.727. The molecule has 18 heavy (non-hydrogen) atoms. The summed E-state index contributed by atoms with van der Waals surface area (Å²) in [5, 5.41) is 6.68. The number of sulfonamides is 1. The number of rotatable bonds is 3. The molecular formula is C11H20N4O2S. The number of hydrogen-bond acceptors (Lipinski definition) is 4. The highest BCUT2D eigenvalue weighted by Gasteiger charge is 2.34. The lowest BCUT2D eigenvalue weighted by molar-refractivity contribution is 0.268. The van der Waals surface area contributed by atoms with Crippen LogP contribution in [-0.2, 0) is 16.6 Å². The first-order valence-corrected chi connectivity index (χ1v) is 7.68. The van der Waals surface area contributed by atoms with E-state index in [0.717, 1.165) is 19.3 Å². The van der Waals surface area contributed by atoms with Gasteiger partial charge in [0.2, 0.25) is 10.0 Å². The molecule has 0 saturated carbocycles. The minimum atomic E-state index is -3.48.